The highest BCUT2D eigenvalue weighted by Crippen LogP contribution is 2.24. The Hall–Kier alpha value is -1.49. The van der Waals surface area contributed by atoms with Crippen LogP contribution in [0.2, 0.25) is 0 Å². The monoisotopic (exact) mass is 237 g/mol. The van der Waals surface area contributed by atoms with Crippen LogP contribution in [0.4, 0.5) is 4.39 Å². The van der Waals surface area contributed by atoms with Crippen molar-refractivity contribution in [2.24, 2.45) is 11.7 Å². The lowest BCUT2D eigenvalue weighted by atomic mass is 10.0. The Balaban J connectivity index is 2.01. The molecule has 1 aliphatic carbocycles. The maximum atomic E-state index is 12.9. The predicted octanol–water partition coefficient (Wildman–Crippen LogP) is 1.08. The van der Waals surface area contributed by atoms with Gasteiger partial charge in [-0.05, 0) is 31.4 Å². The lowest BCUT2D eigenvalue weighted by Gasteiger charge is -2.19. The van der Waals surface area contributed by atoms with Crippen LogP contribution in [-0.2, 0) is 0 Å². The molecule has 0 bridgehead atoms. The third-order valence-electron chi connectivity index (χ3n) is 3.25. The van der Waals surface area contributed by atoms with E-state index in [1.54, 1.807) is 0 Å². The number of nitrogens with zero attached hydrogens (tertiary/aromatic N) is 1. The summed E-state index contributed by atoms with van der Waals surface area (Å²) in [7, 11) is 0. The van der Waals surface area contributed by atoms with Crippen molar-refractivity contribution in [1.82, 2.24) is 10.3 Å². The van der Waals surface area contributed by atoms with Gasteiger partial charge >= 0.3 is 0 Å². The van der Waals surface area contributed by atoms with Crippen LogP contribution in [0.5, 0.6) is 0 Å². The fourth-order valence-electron chi connectivity index (χ4n) is 2.30. The van der Waals surface area contributed by atoms with Gasteiger partial charge in [-0.15, -0.1) is 0 Å². The Morgan fingerprint density at radius 3 is 3.06 bits per heavy atom. The Kier molecular flexibility index (Phi) is 3.68. The van der Waals surface area contributed by atoms with Crippen molar-refractivity contribution in [1.29, 1.82) is 0 Å². The van der Waals surface area contributed by atoms with E-state index in [1.165, 1.54) is 12.3 Å². The first-order chi connectivity index (χ1) is 8.20. The summed E-state index contributed by atoms with van der Waals surface area (Å²) in [5.41, 5.74) is 5.90. The van der Waals surface area contributed by atoms with Crippen LogP contribution in [0.25, 0.3) is 0 Å². The SMILES string of the molecule is NCC1CCCC1NC(=O)c1cncc(F)c1. The zero-order valence-electron chi connectivity index (χ0n) is 9.53. The molecular formula is C12H16FN3O. The number of carbonyl (C=O) groups excluding carboxylic acids is 1. The van der Waals surface area contributed by atoms with Gasteiger partial charge in [0.1, 0.15) is 5.82 Å². The fourth-order valence-corrected chi connectivity index (χ4v) is 2.30. The van der Waals surface area contributed by atoms with Gasteiger partial charge in [0.25, 0.3) is 5.91 Å². The van der Waals surface area contributed by atoms with E-state index in [0.717, 1.165) is 25.5 Å². The first kappa shape index (κ1) is 12.0. The molecule has 2 rings (SSSR count). The summed E-state index contributed by atoms with van der Waals surface area (Å²) in [6.07, 6.45) is 5.51. The summed E-state index contributed by atoms with van der Waals surface area (Å²) in [5, 5.41) is 2.90. The van der Waals surface area contributed by atoms with Gasteiger partial charge in [-0.25, -0.2) is 4.39 Å². The predicted molar refractivity (Wildman–Crippen MR) is 61.8 cm³/mol. The van der Waals surface area contributed by atoms with E-state index < -0.39 is 5.82 Å². The minimum atomic E-state index is -0.501. The number of amides is 1. The molecular weight excluding hydrogens is 221 g/mol. The zero-order valence-corrected chi connectivity index (χ0v) is 9.53. The van der Waals surface area contributed by atoms with Crippen LogP contribution in [-0.4, -0.2) is 23.5 Å². The first-order valence-corrected chi connectivity index (χ1v) is 5.82. The van der Waals surface area contributed by atoms with Crippen LogP contribution >= 0.6 is 0 Å². The molecule has 1 saturated carbocycles. The number of nitrogens with two attached hydrogens (primary N) is 1. The molecule has 2 atom stereocenters. The van der Waals surface area contributed by atoms with E-state index in [2.05, 4.69) is 10.3 Å². The van der Waals surface area contributed by atoms with Crippen molar-refractivity contribution in [3.05, 3.63) is 29.8 Å². The second-order valence-corrected chi connectivity index (χ2v) is 4.40. The summed E-state index contributed by atoms with van der Waals surface area (Å²) < 4.78 is 12.9. The van der Waals surface area contributed by atoms with E-state index >= 15 is 0 Å². The number of rotatable bonds is 3. The van der Waals surface area contributed by atoms with Crippen molar-refractivity contribution >= 4 is 5.91 Å². The third-order valence-corrected chi connectivity index (χ3v) is 3.25. The number of halogens is 1. The maximum Gasteiger partial charge on any atom is 0.253 e. The summed E-state index contributed by atoms with van der Waals surface area (Å²) in [4.78, 5) is 15.5. The van der Waals surface area contributed by atoms with Crippen LogP contribution in [0.3, 0.4) is 0 Å². The first-order valence-electron chi connectivity index (χ1n) is 5.82. The molecule has 0 aliphatic heterocycles. The van der Waals surface area contributed by atoms with E-state index in [4.69, 9.17) is 5.73 Å². The van der Waals surface area contributed by atoms with Gasteiger partial charge in [-0.3, -0.25) is 9.78 Å². The number of carbonyl (C=O) groups is 1. The topological polar surface area (TPSA) is 68.0 Å². The van der Waals surface area contributed by atoms with Crippen LogP contribution in [0, 0.1) is 11.7 Å². The Labute approximate surface area is 99.4 Å². The number of hydrogen-bond acceptors (Lipinski definition) is 3. The van der Waals surface area contributed by atoms with Gasteiger partial charge in [-0.2, -0.15) is 0 Å². The molecule has 4 nitrogen and oxygen atoms in total. The molecule has 1 aliphatic rings. The summed E-state index contributed by atoms with van der Waals surface area (Å²) in [5.74, 6) is -0.442. The number of aromatic nitrogens is 1. The van der Waals surface area contributed by atoms with Gasteiger partial charge in [-0.1, -0.05) is 6.42 Å². The van der Waals surface area contributed by atoms with E-state index in [-0.39, 0.29) is 17.5 Å². The fraction of sp³-hybridized carbons (Fsp3) is 0.500. The minimum Gasteiger partial charge on any atom is -0.349 e. The highest BCUT2D eigenvalue weighted by atomic mass is 19.1. The number of nitrogens with one attached hydrogen (secondary N) is 1. The largest absolute Gasteiger partial charge is 0.349 e. The van der Waals surface area contributed by atoms with Gasteiger partial charge in [0.2, 0.25) is 0 Å². The average molecular weight is 237 g/mol. The molecule has 2 unspecified atom stereocenters. The van der Waals surface area contributed by atoms with Crippen molar-refractivity contribution in [3.63, 3.8) is 0 Å². The van der Waals surface area contributed by atoms with E-state index in [0.29, 0.717) is 12.5 Å². The Morgan fingerprint density at radius 1 is 1.53 bits per heavy atom. The van der Waals surface area contributed by atoms with Crippen LogP contribution < -0.4 is 11.1 Å². The van der Waals surface area contributed by atoms with Crippen LogP contribution in [0.15, 0.2) is 18.5 Å². The molecule has 5 heteroatoms. The Morgan fingerprint density at radius 2 is 2.35 bits per heavy atom. The molecule has 3 N–H and O–H groups in total. The molecule has 0 spiro atoms. The minimum absolute atomic E-state index is 0.107. The molecule has 1 aromatic heterocycles. The summed E-state index contributed by atoms with van der Waals surface area (Å²) >= 11 is 0. The standard InChI is InChI=1S/C12H16FN3O/c13-10-4-9(6-15-7-10)12(17)16-11-3-1-2-8(11)5-14/h4,6-8,11H,1-3,5,14H2,(H,16,17). The second kappa shape index (κ2) is 5.23. The smallest absolute Gasteiger partial charge is 0.253 e. The van der Waals surface area contributed by atoms with Gasteiger partial charge in [0, 0.05) is 12.2 Å². The normalized spacial score (nSPS) is 23.6. The molecule has 1 amide bonds. The second-order valence-electron chi connectivity index (χ2n) is 4.40. The van der Waals surface area contributed by atoms with E-state index in [9.17, 15) is 9.18 Å². The van der Waals surface area contributed by atoms with Gasteiger partial charge < -0.3 is 11.1 Å². The molecule has 1 heterocycles. The number of hydrogen-bond donors (Lipinski definition) is 2. The van der Waals surface area contributed by atoms with Crippen molar-refractivity contribution in [2.45, 2.75) is 25.3 Å². The molecule has 1 aromatic rings. The van der Waals surface area contributed by atoms with Gasteiger partial charge in [0.15, 0.2) is 0 Å². The Bertz CT molecular complexity index is 410. The quantitative estimate of drug-likeness (QED) is 0.826. The molecule has 0 aromatic carbocycles. The highest BCUT2D eigenvalue weighted by Gasteiger charge is 2.27. The molecule has 1 fully saturated rings. The molecule has 0 saturated heterocycles. The van der Waals surface area contributed by atoms with Crippen LogP contribution in [0.1, 0.15) is 29.6 Å². The number of pyridine rings is 1. The third kappa shape index (κ3) is 2.79. The highest BCUT2D eigenvalue weighted by molar-refractivity contribution is 5.94. The van der Waals surface area contributed by atoms with Gasteiger partial charge in [0.05, 0.1) is 11.8 Å². The summed E-state index contributed by atoms with van der Waals surface area (Å²) in [6, 6.07) is 1.30. The zero-order chi connectivity index (χ0) is 12.3. The molecule has 0 radical (unpaired) electrons. The average Bonchev–Trinajstić information content (AvgIpc) is 2.76. The molecule has 92 valence electrons. The van der Waals surface area contributed by atoms with Crippen molar-refractivity contribution in [3.8, 4) is 0 Å². The van der Waals surface area contributed by atoms with Crippen molar-refractivity contribution in [2.75, 3.05) is 6.54 Å². The maximum absolute atomic E-state index is 12.9. The van der Waals surface area contributed by atoms with E-state index in [1.807, 2.05) is 0 Å². The lowest BCUT2D eigenvalue weighted by Crippen LogP contribution is -2.39. The molecule has 17 heavy (non-hydrogen) atoms. The summed E-state index contributed by atoms with van der Waals surface area (Å²) in [6.45, 7) is 0.576. The van der Waals surface area contributed by atoms with Crippen molar-refractivity contribution < 1.29 is 9.18 Å². The lowest BCUT2D eigenvalue weighted by molar-refractivity contribution is 0.0928.